The third-order valence-corrected chi connectivity index (χ3v) is 4.28. The molecule has 0 aromatic heterocycles. The topological polar surface area (TPSA) is 49.8 Å². The third kappa shape index (κ3) is 9.09. The molecule has 0 aliphatic heterocycles. The molecule has 6 heteroatoms. The maximum Gasteiger partial charge on any atom is 0.317 e. The fourth-order valence-electron chi connectivity index (χ4n) is 2.10. The lowest BCUT2D eigenvalue weighted by Gasteiger charge is -2.13. The molecule has 26 heavy (non-hydrogen) atoms. The van der Waals surface area contributed by atoms with Gasteiger partial charge in [0.2, 0.25) is 0 Å². The summed E-state index contributed by atoms with van der Waals surface area (Å²) in [7, 11) is 1.79. The highest BCUT2D eigenvalue weighted by molar-refractivity contribution is 6.42. The molecular formula is C20H25Cl2NO3. The summed E-state index contributed by atoms with van der Waals surface area (Å²) in [5.74, 6) is -0.0862. The van der Waals surface area contributed by atoms with Gasteiger partial charge >= 0.3 is 5.97 Å². The summed E-state index contributed by atoms with van der Waals surface area (Å²) in [6.07, 6.45) is 8.47. The smallest absolute Gasteiger partial charge is 0.317 e. The van der Waals surface area contributed by atoms with Gasteiger partial charge in [0.1, 0.15) is 12.4 Å². The fraction of sp³-hybridized carbons (Fsp3) is 0.350. The lowest BCUT2D eigenvalue weighted by atomic mass is 10.2. The van der Waals surface area contributed by atoms with Crippen LogP contribution in [0.25, 0.3) is 0 Å². The van der Waals surface area contributed by atoms with Crippen molar-refractivity contribution < 1.29 is 14.6 Å². The Hall–Kier alpha value is -1.75. The van der Waals surface area contributed by atoms with E-state index in [4.69, 9.17) is 33.0 Å². The number of benzene rings is 1. The highest BCUT2D eigenvalue weighted by atomic mass is 35.5. The van der Waals surface area contributed by atoms with Gasteiger partial charge in [-0.1, -0.05) is 47.0 Å². The quantitative estimate of drug-likeness (QED) is 0.428. The standard InChI is InChI=1S/C20H25Cl2NO3/c1-4-5-17(26-14-16-7-9-18(21)19(22)12-16)8-6-15(2)10-11-23(3)13-20(24)25/h4-9,12H,10-11,13-14H2,1-3H3,(H,24,25)/b5-4-,15-6+,17-8+. The number of rotatable bonds is 10. The summed E-state index contributed by atoms with van der Waals surface area (Å²) in [6, 6.07) is 5.41. The highest BCUT2D eigenvalue weighted by Crippen LogP contribution is 2.23. The Bertz CT molecular complexity index is 696. The zero-order valence-electron chi connectivity index (χ0n) is 15.3. The molecule has 0 amide bonds. The minimum atomic E-state index is -0.819. The zero-order valence-corrected chi connectivity index (χ0v) is 16.8. The minimum Gasteiger partial charge on any atom is -0.489 e. The van der Waals surface area contributed by atoms with Crippen LogP contribution in [0, 0.1) is 0 Å². The average Bonchev–Trinajstić information content (AvgIpc) is 2.58. The van der Waals surface area contributed by atoms with Crippen LogP contribution in [0.1, 0.15) is 25.8 Å². The van der Waals surface area contributed by atoms with E-state index in [1.807, 2.05) is 44.2 Å². The molecule has 0 saturated heterocycles. The first kappa shape index (κ1) is 22.3. The lowest BCUT2D eigenvalue weighted by molar-refractivity contribution is -0.137. The van der Waals surface area contributed by atoms with Crippen molar-refractivity contribution in [3.63, 3.8) is 0 Å². The first-order valence-corrected chi connectivity index (χ1v) is 9.04. The largest absolute Gasteiger partial charge is 0.489 e. The number of nitrogens with zero attached hydrogens (tertiary/aromatic N) is 1. The number of carboxylic acid groups (broad SMARTS) is 1. The Balaban J connectivity index is 2.63. The molecule has 0 unspecified atom stereocenters. The number of aliphatic carboxylic acids is 1. The van der Waals surface area contributed by atoms with Crippen molar-refractivity contribution in [1.82, 2.24) is 4.90 Å². The van der Waals surface area contributed by atoms with Crippen molar-refractivity contribution in [2.24, 2.45) is 0 Å². The van der Waals surface area contributed by atoms with Crippen LogP contribution in [-0.2, 0) is 16.1 Å². The van der Waals surface area contributed by atoms with Gasteiger partial charge in [0.15, 0.2) is 0 Å². The molecule has 0 heterocycles. The number of hydrogen-bond donors (Lipinski definition) is 1. The predicted molar refractivity (Wildman–Crippen MR) is 108 cm³/mol. The van der Waals surface area contributed by atoms with Gasteiger partial charge in [-0.2, -0.15) is 0 Å². The Morgan fingerprint density at radius 2 is 2.00 bits per heavy atom. The van der Waals surface area contributed by atoms with Crippen LogP contribution in [-0.4, -0.2) is 36.1 Å². The van der Waals surface area contributed by atoms with E-state index < -0.39 is 5.97 Å². The molecule has 1 N–H and O–H groups in total. The average molecular weight is 398 g/mol. The van der Waals surface area contributed by atoms with Crippen LogP contribution < -0.4 is 0 Å². The van der Waals surface area contributed by atoms with Gasteiger partial charge in [0.25, 0.3) is 0 Å². The summed E-state index contributed by atoms with van der Waals surface area (Å²) in [4.78, 5) is 12.4. The summed E-state index contributed by atoms with van der Waals surface area (Å²) in [5.41, 5.74) is 2.08. The molecule has 0 fully saturated rings. The third-order valence-electron chi connectivity index (χ3n) is 3.55. The van der Waals surface area contributed by atoms with Crippen LogP contribution in [0.4, 0.5) is 0 Å². The molecule has 0 aliphatic carbocycles. The molecule has 1 aromatic rings. The number of ether oxygens (including phenoxy) is 1. The number of hydrogen-bond acceptors (Lipinski definition) is 3. The van der Waals surface area contributed by atoms with Crippen molar-refractivity contribution in [2.75, 3.05) is 20.1 Å². The first-order valence-electron chi connectivity index (χ1n) is 8.29. The molecule has 0 aliphatic rings. The zero-order chi connectivity index (χ0) is 19.5. The van der Waals surface area contributed by atoms with E-state index in [1.54, 1.807) is 24.1 Å². The molecule has 0 bridgehead atoms. The summed E-state index contributed by atoms with van der Waals surface area (Å²) < 4.78 is 5.83. The van der Waals surface area contributed by atoms with Gasteiger partial charge < -0.3 is 9.84 Å². The van der Waals surface area contributed by atoms with Crippen LogP contribution in [0.3, 0.4) is 0 Å². The van der Waals surface area contributed by atoms with Gasteiger partial charge in [-0.25, -0.2) is 0 Å². The second kappa shape index (κ2) is 11.8. The van der Waals surface area contributed by atoms with E-state index >= 15 is 0 Å². The van der Waals surface area contributed by atoms with Gasteiger partial charge in [0, 0.05) is 6.54 Å². The van der Waals surface area contributed by atoms with E-state index in [0.717, 1.165) is 23.3 Å². The van der Waals surface area contributed by atoms with Gasteiger partial charge in [0.05, 0.1) is 16.6 Å². The SMILES string of the molecule is C\C=C/C(=C\C=C(/C)CCN(C)CC(=O)O)OCc1ccc(Cl)c(Cl)c1. The molecule has 0 saturated carbocycles. The van der Waals surface area contributed by atoms with Crippen LogP contribution >= 0.6 is 23.2 Å². The van der Waals surface area contributed by atoms with Crippen molar-refractivity contribution >= 4 is 29.2 Å². The summed E-state index contributed by atoms with van der Waals surface area (Å²) in [5, 5.41) is 9.79. The molecule has 0 radical (unpaired) electrons. The number of likely N-dealkylation sites (N-methyl/N-ethyl adjacent to an activating group) is 1. The maximum atomic E-state index is 10.7. The van der Waals surface area contributed by atoms with Crippen LogP contribution in [0.2, 0.25) is 10.0 Å². The number of carbonyl (C=O) groups is 1. The Kier molecular flexibility index (Phi) is 10.1. The normalized spacial score (nSPS) is 12.8. The van der Waals surface area contributed by atoms with E-state index in [-0.39, 0.29) is 6.54 Å². The van der Waals surface area contributed by atoms with Crippen molar-refractivity contribution in [3.05, 3.63) is 69.4 Å². The fourth-order valence-corrected chi connectivity index (χ4v) is 2.42. The lowest BCUT2D eigenvalue weighted by Crippen LogP contribution is -2.26. The number of allylic oxidation sites excluding steroid dienone is 4. The van der Waals surface area contributed by atoms with Crippen molar-refractivity contribution in [3.8, 4) is 0 Å². The molecular weight excluding hydrogens is 373 g/mol. The number of carboxylic acids is 1. The van der Waals surface area contributed by atoms with Gasteiger partial charge in [-0.05, 0) is 57.2 Å². The summed E-state index contributed by atoms with van der Waals surface area (Å²) in [6.45, 7) is 5.05. The molecule has 1 rings (SSSR count). The molecule has 142 valence electrons. The number of halogens is 2. The first-order chi connectivity index (χ1) is 12.3. The van der Waals surface area contributed by atoms with Crippen LogP contribution in [0.5, 0.6) is 0 Å². The van der Waals surface area contributed by atoms with E-state index in [9.17, 15) is 4.79 Å². The van der Waals surface area contributed by atoms with Crippen molar-refractivity contribution in [2.45, 2.75) is 26.9 Å². The molecule has 4 nitrogen and oxygen atoms in total. The van der Waals surface area contributed by atoms with Gasteiger partial charge in [-0.15, -0.1) is 0 Å². The maximum absolute atomic E-state index is 10.7. The molecule has 1 aromatic carbocycles. The Labute approximate surface area is 165 Å². The predicted octanol–water partition coefficient (Wildman–Crippen LogP) is 5.32. The van der Waals surface area contributed by atoms with Gasteiger partial charge in [-0.3, -0.25) is 9.69 Å². The second-order valence-electron chi connectivity index (χ2n) is 6.00. The van der Waals surface area contributed by atoms with E-state index in [2.05, 4.69) is 0 Å². The van der Waals surface area contributed by atoms with Crippen LogP contribution in [0.15, 0.2) is 53.8 Å². The Morgan fingerprint density at radius 3 is 2.62 bits per heavy atom. The van der Waals surface area contributed by atoms with Crippen molar-refractivity contribution in [1.29, 1.82) is 0 Å². The second-order valence-corrected chi connectivity index (χ2v) is 6.82. The molecule has 0 spiro atoms. The highest BCUT2D eigenvalue weighted by Gasteiger charge is 2.04. The monoisotopic (exact) mass is 397 g/mol. The van der Waals surface area contributed by atoms with E-state index in [1.165, 1.54) is 0 Å². The van der Waals surface area contributed by atoms with E-state index in [0.29, 0.717) is 23.2 Å². The Morgan fingerprint density at radius 1 is 1.27 bits per heavy atom. The summed E-state index contributed by atoms with van der Waals surface area (Å²) >= 11 is 11.9. The molecule has 0 atom stereocenters. The minimum absolute atomic E-state index is 0.0414.